The molecule has 3 rings (SSSR count). The molecule has 1 N–H and O–H groups in total. The maximum absolute atomic E-state index is 13.2. The number of aryl methyl sites for hydroxylation is 1. The van der Waals surface area contributed by atoms with Crippen LogP contribution in [-0.4, -0.2) is 45.8 Å². The van der Waals surface area contributed by atoms with Gasteiger partial charge in [-0.2, -0.15) is 0 Å². The Morgan fingerprint density at radius 3 is 2.39 bits per heavy atom. The van der Waals surface area contributed by atoms with Gasteiger partial charge in [0.15, 0.2) is 0 Å². The predicted octanol–water partition coefficient (Wildman–Crippen LogP) is 4.00. The van der Waals surface area contributed by atoms with Gasteiger partial charge in [0.05, 0.1) is 30.7 Å². The van der Waals surface area contributed by atoms with Crippen LogP contribution in [0.4, 0.5) is 10.7 Å². The van der Waals surface area contributed by atoms with E-state index in [-0.39, 0.29) is 6.61 Å². The molecule has 8 nitrogen and oxygen atoms in total. The van der Waals surface area contributed by atoms with Crippen molar-refractivity contribution >= 4 is 43.9 Å². The van der Waals surface area contributed by atoms with E-state index in [1.165, 1.54) is 18.3 Å². The number of carbonyl (C=O) groups excluding carboxylic acids is 2. The Bertz CT molecular complexity index is 1110. The van der Waals surface area contributed by atoms with Gasteiger partial charge in [-0.25, -0.2) is 13.2 Å². The summed E-state index contributed by atoms with van der Waals surface area (Å²) in [5.74, 6) is -0.389. The first-order valence-corrected chi connectivity index (χ1v) is 13.7. The number of amides is 1. The molecule has 1 aromatic heterocycles. The molecule has 0 aliphatic heterocycles. The van der Waals surface area contributed by atoms with Gasteiger partial charge in [-0.3, -0.25) is 9.10 Å². The standard InChI is InChI=1S/C23H30N2O6S2/c1-5-30-17-13-11-16(12-14-17)25(33(4,28)29)15(3)21(26)24-22-20(23(27)31-6-2)18-9-7-8-10-19(18)32-22/h11-15H,5-10H2,1-4H3,(H,24,26)/t15-/m0/s1. The fourth-order valence-electron chi connectivity index (χ4n) is 3.95. The smallest absolute Gasteiger partial charge is 0.341 e. The quantitative estimate of drug-likeness (QED) is 0.529. The van der Waals surface area contributed by atoms with Crippen molar-refractivity contribution < 1.29 is 27.5 Å². The number of hydrogen-bond acceptors (Lipinski definition) is 7. The average molecular weight is 495 g/mol. The van der Waals surface area contributed by atoms with Crippen LogP contribution in [0.1, 0.15) is 54.4 Å². The highest BCUT2D eigenvalue weighted by Gasteiger charge is 2.32. The number of esters is 1. The Balaban J connectivity index is 1.90. The van der Waals surface area contributed by atoms with Gasteiger partial charge < -0.3 is 14.8 Å². The first-order chi connectivity index (χ1) is 15.7. The van der Waals surface area contributed by atoms with Crippen molar-refractivity contribution in [2.45, 2.75) is 52.5 Å². The normalized spacial score (nSPS) is 14.2. The Hall–Kier alpha value is -2.59. The second-order valence-electron chi connectivity index (χ2n) is 7.79. The third-order valence-corrected chi connectivity index (χ3v) is 7.83. The van der Waals surface area contributed by atoms with Gasteiger partial charge in [0.25, 0.3) is 0 Å². The number of thiophene rings is 1. The van der Waals surface area contributed by atoms with Crippen molar-refractivity contribution in [1.29, 1.82) is 0 Å². The van der Waals surface area contributed by atoms with Crippen LogP contribution in [0.5, 0.6) is 5.75 Å². The lowest BCUT2D eigenvalue weighted by atomic mass is 9.95. The summed E-state index contributed by atoms with van der Waals surface area (Å²) in [6.07, 6.45) is 4.66. The van der Waals surface area contributed by atoms with Crippen LogP contribution < -0.4 is 14.4 Å². The third-order valence-electron chi connectivity index (χ3n) is 5.38. The molecule has 10 heteroatoms. The summed E-state index contributed by atoms with van der Waals surface area (Å²) in [5.41, 5.74) is 1.67. The van der Waals surface area contributed by atoms with Gasteiger partial charge >= 0.3 is 5.97 Å². The van der Waals surface area contributed by atoms with Crippen LogP contribution in [0, 0.1) is 0 Å². The van der Waals surface area contributed by atoms with Crippen LogP contribution in [0.15, 0.2) is 24.3 Å². The van der Waals surface area contributed by atoms with Crippen LogP contribution in [-0.2, 0) is 32.4 Å². The van der Waals surface area contributed by atoms with Crippen LogP contribution >= 0.6 is 11.3 Å². The summed E-state index contributed by atoms with van der Waals surface area (Å²) in [5, 5.41) is 3.22. The minimum absolute atomic E-state index is 0.229. The second kappa shape index (κ2) is 10.6. The number of rotatable bonds is 9. The van der Waals surface area contributed by atoms with E-state index < -0.39 is 27.9 Å². The fraction of sp³-hybridized carbons (Fsp3) is 0.478. The van der Waals surface area contributed by atoms with Crippen LogP contribution in [0.25, 0.3) is 0 Å². The minimum atomic E-state index is -3.77. The van der Waals surface area contributed by atoms with Crippen molar-refractivity contribution in [2.24, 2.45) is 0 Å². The van der Waals surface area contributed by atoms with E-state index in [1.807, 2.05) is 6.92 Å². The molecule has 0 radical (unpaired) electrons. The molecule has 1 heterocycles. The lowest BCUT2D eigenvalue weighted by Gasteiger charge is -2.28. The monoisotopic (exact) mass is 494 g/mol. The molecule has 2 aromatic rings. The Morgan fingerprint density at radius 1 is 1.12 bits per heavy atom. The highest BCUT2D eigenvalue weighted by Crippen LogP contribution is 2.39. The lowest BCUT2D eigenvalue weighted by molar-refractivity contribution is -0.116. The first kappa shape index (κ1) is 25.0. The number of sulfonamides is 1. The molecule has 1 aliphatic rings. The topological polar surface area (TPSA) is 102 Å². The number of ether oxygens (including phenoxy) is 2. The molecule has 0 unspecified atom stereocenters. The van der Waals surface area contributed by atoms with Crippen molar-refractivity contribution in [1.82, 2.24) is 0 Å². The molecule has 1 aliphatic carbocycles. The largest absolute Gasteiger partial charge is 0.494 e. The molecule has 1 aromatic carbocycles. The molecule has 1 amide bonds. The molecule has 0 saturated heterocycles. The van der Waals surface area contributed by atoms with Crippen LogP contribution in [0.3, 0.4) is 0 Å². The number of nitrogens with zero attached hydrogens (tertiary/aromatic N) is 1. The molecule has 0 fully saturated rings. The van der Waals surface area contributed by atoms with Gasteiger partial charge in [0.2, 0.25) is 15.9 Å². The Morgan fingerprint density at radius 2 is 1.79 bits per heavy atom. The predicted molar refractivity (Wildman–Crippen MR) is 130 cm³/mol. The number of anilines is 2. The van der Waals surface area contributed by atoms with Gasteiger partial charge in [0.1, 0.15) is 16.8 Å². The van der Waals surface area contributed by atoms with Gasteiger partial charge in [0, 0.05) is 4.88 Å². The summed E-state index contributed by atoms with van der Waals surface area (Å²) in [6.45, 7) is 5.83. The molecule has 0 spiro atoms. The maximum atomic E-state index is 13.2. The minimum Gasteiger partial charge on any atom is -0.494 e. The zero-order valence-electron chi connectivity index (χ0n) is 19.3. The van der Waals surface area contributed by atoms with Crippen molar-refractivity contribution in [3.8, 4) is 5.75 Å². The Kier molecular flexibility index (Phi) is 8.01. The summed E-state index contributed by atoms with van der Waals surface area (Å²) in [6, 6.07) is 5.47. The lowest BCUT2D eigenvalue weighted by Crippen LogP contribution is -2.45. The molecule has 180 valence electrons. The zero-order chi connectivity index (χ0) is 24.2. The molecular formula is C23H30N2O6S2. The first-order valence-electron chi connectivity index (χ1n) is 11.0. The van der Waals surface area contributed by atoms with E-state index in [9.17, 15) is 18.0 Å². The van der Waals surface area contributed by atoms with Crippen molar-refractivity contribution in [3.63, 3.8) is 0 Å². The summed E-state index contributed by atoms with van der Waals surface area (Å²) >= 11 is 1.37. The third kappa shape index (κ3) is 5.67. The van der Waals surface area contributed by atoms with E-state index in [1.54, 1.807) is 31.2 Å². The van der Waals surface area contributed by atoms with Gasteiger partial charge in [-0.1, -0.05) is 0 Å². The van der Waals surface area contributed by atoms with Crippen molar-refractivity contribution in [2.75, 3.05) is 29.1 Å². The molecule has 1 atom stereocenters. The van der Waals surface area contributed by atoms with Crippen molar-refractivity contribution in [3.05, 3.63) is 40.3 Å². The molecule has 0 saturated carbocycles. The van der Waals surface area contributed by atoms with E-state index in [2.05, 4.69) is 5.32 Å². The highest BCUT2D eigenvalue weighted by molar-refractivity contribution is 7.92. The SMILES string of the molecule is CCOC(=O)c1c(NC(=O)[C@H](C)N(c2ccc(OCC)cc2)S(C)(=O)=O)sc2c1CCCC2. The number of hydrogen-bond donors (Lipinski definition) is 1. The number of fused-ring (bicyclic) bond motifs is 1. The van der Waals surface area contributed by atoms with Crippen LogP contribution in [0.2, 0.25) is 0 Å². The molecule has 0 bridgehead atoms. The fourth-order valence-corrected chi connectivity index (χ4v) is 6.41. The number of benzene rings is 1. The van der Waals surface area contributed by atoms with Gasteiger partial charge in [-0.15, -0.1) is 11.3 Å². The zero-order valence-corrected chi connectivity index (χ0v) is 21.0. The summed E-state index contributed by atoms with van der Waals surface area (Å²) in [4.78, 5) is 26.9. The molecule has 33 heavy (non-hydrogen) atoms. The average Bonchev–Trinajstić information content (AvgIpc) is 3.12. The second-order valence-corrected chi connectivity index (χ2v) is 10.8. The van der Waals surface area contributed by atoms with E-state index >= 15 is 0 Å². The van der Waals surface area contributed by atoms with E-state index in [0.717, 1.165) is 46.7 Å². The Labute approximate surface area is 198 Å². The van der Waals surface area contributed by atoms with Gasteiger partial charge in [-0.05, 0) is 76.3 Å². The van der Waals surface area contributed by atoms with E-state index in [0.29, 0.717) is 28.6 Å². The number of nitrogens with one attached hydrogen (secondary N) is 1. The maximum Gasteiger partial charge on any atom is 0.341 e. The highest BCUT2D eigenvalue weighted by atomic mass is 32.2. The number of carbonyl (C=O) groups is 2. The summed E-state index contributed by atoms with van der Waals surface area (Å²) in [7, 11) is -3.77. The summed E-state index contributed by atoms with van der Waals surface area (Å²) < 4.78 is 36.9. The van der Waals surface area contributed by atoms with E-state index in [4.69, 9.17) is 9.47 Å². The molecular weight excluding hydrogens is 464 g/mol.